The number of rotatable bonds is 3. The Morgan fingerprint density at radius 2 is 2.21 bits per heavy atom. The number of hydrogen-bond donors (Lipinski definition) is 0. The van der Waals surface area contributed by atoms with Crippen LogP contribution in [0.1, 0.15) is 22.2 Å². The van der Waals surface area contributed by atoms with Gasteiger partial charge in [-0.2, -0.15) is 0 Å². The minimum Gasteiger partial charge on any atom is -0.465 e. The van der Waals surface area contributed by atoms with Gasteiger partial charge in [0.15, 0.2) is 5.78 Å². The van der Waals surface area contributed by atoms with E-state index >= 15 is 0 Å². The summed E-state index contributed by atoms with van der Waals surface area (Å²) in [7, 11) is 1.34. The summed E-state index contributed by atoms with van der Waals surface area (Å²) in [4.78, 5) is 22.6. The van der Waals surface area contributed by atoms with E-state index in [0.29, 0.717) is 5.56 Å². The molecule has 1 rings (SSSR count). The Balaban J connectivity index is 2.78. The molecule has 0 saturated carbocycles. The lowest BCUT2D eigenvalue weighted by molar-refractivity contribution is -0.112. The monoisotopic (exact) mass is 210 g/mol. The lowest BCUT2D eigenvalue weighted by Crippen LogP contribution is -1.97. The summed E-state index contributed by atoms with van der Waals surface area (Å²) < 4.78 is 4.55. The Morgan fingerprint density at radius 3 is 2.79 bits per heavy atom. The van der Waals surface area contributed by atoms with Crippen LogP contribution in [-0.4, -0.2) is 18.9 Å². The average Bonchev–Trinajstić information content (AvgIpc) is 2.62. The number of allylic oxidation sites excluding steroid dienone is 1. The molecule has 0 N–H and O–H groups in total. The van der Waals surface area contributed by atoms with Crippen molar-refractivity contribution in [3.8, 4) is 0 Å². The van der Waals surface area contributed by atoms with E-state index in [-0.39, 0.29) is 11.8 Å². The SMILES string of the molecule is COC(=O)c1csc(C=CC(C)=O)c1. The molecule has 0 aromatic carbocycles. The van der Waals surface area contributed by atoms with Crippen LogP contribution in [0.25, 0.3) is 6.08 Å². The average molecular weight is 210 g/mol. The maximum Gasteiger partial charge on any atom is 0.338 e. The molecule has 0 aliphatic carbocycles. The number of ether oxygens (including phenoxy) is 1. The second-order valence-electron chi connectivity index (χ2n) is 2.67. The van der Waals surface area contributed by atoms with E-state index in [9.17, 15) is 9.59 Å². The summed E-state index contributed by atoms with van der Waals surface area (Å²) in [5, 5.41) is 1.70. The highest BCUT2D eigenvalue weighted by Gasteiger charge is 2.06. The van der Waals surface area contributed by atoms with Gasteiger partial charge in [-0.25, -0.2) is 4.79 Å². The first kappa shape index (κ1) is 10.7. The van der Waals surface area contributed by atoms with Crippen molar-refractivity contribution < 1.29 is 14.3 Å². The lowest BCUT2D eigenvalue weighted by Gasteiger charge is -1.91. The molecule has 3 nitrogen and oxygen atoms in total. The molecule has 1 aromatic heterocycles. The number of ketones is 1. The Bertz CT molecular complexity index is 376. The van der Waals surface area contributed by atoms with E-state index in [2.05, 4.69) is 4.74 Å². The van der Waals surface area contributed by atoms with E-state index in [1.807, 2.05) is 0 Å². The number of carbonyl (C=O) groups excluding carboxylic acids is 2. The Labute approximate surface area is 86.0 Å². The van der Waals surface area contributed by atoms with Crippen molar-refractivity contribution in [2.24, 2.45) is 0 Å². The van der Waals surface area contributed by atoms with Gasteiger partial charge in [-0.05, 0) is 25.1 Å². The molecule has 0 aliphatic rings. The number of methoxy groups -OCH3 is 1. The van der Waals surface area contributed by atoms with Crippen LogP contribution in [0.3, 0.4) is 0 Å². The minimum atomic E-state index is -0.358. The van der Waals surface area contributed by atoms with Crippen LogP contribution >= 0.6 is 11.3 Å². The summed E-state index contributed by atoms with van der Waals surface area (Å²) in [6.07, 6.45) is 3.15. The van der Waals surface area contributed by atoms with Crippen molar-refractivity contribution in [3.63, 3.8) is 0 Å². The zero-order valence-electron chi connectivity index (χ0n) is 7.94. The third-order valence-corrected chi connectivity index (χ3v) is 2.42. The van der Waals surface area contributed by atoms with Crippen molar-refractivity contribution in [1.29, 1.82) is 0 Å². The predicted octanol–water partition coefficient (Wildman–Crippen LogP) is 2.14. The van der Waals surface area contributed by atoms with Gasteiger partial charge in [-0.1, -0.05) is 0 Å². The lowest BCUT2D eigenvalue weighted by atomic mass is 10.3. The van der Waals surface area contributed by atoms with Crippen LogP contribution in [0.2, 0.25) is 0 Å². The molecule has 0 aliphatic heterocycles. The topological polar surface area (TPSA) is 43.4 Å². The molecule has 0 saturated heterocycles. The molecule has 0 atom stereocenters. The molecule has 0 unspecified atom stereocenters. The van der Waals surface area contributed by atoms with Crippen molar-refractivity contribution in [2.45, 2.75) is 6.92 Å². The molecule has 0 amide bonds. The highest BCUT2D eigenvalue weighted by molar-refractivity contribution is 7.11. The normalized spacial score (nSPS) is 10.4. The van der Waals surface area contributed by atoms with Crippen molar-refractivity contribution in [1.82, 2.24) is 0 Å². The third kappa shape index (κ3) is 2.81. The summed E-state index contributed by atoms with van der Waals surface area (Å²) in [6, 6.07) is 1.69. The first-order valence-corrected chi connectivity index (χ1v) is 4.87. The van der Waals surface area contributed by atoms with E-state index in [1.54, 1.807) is 17.5 Å². The predicted molar refractivity (Wildman–Crippen MR) is 55.4 cm³/mol. The highest BCUT2D eigenvalue weighted by Crippen LogP contribution is 2.16. The van der Waals surface area contributed by atoms with Gasteiger partial charge in [0, 0.05) is 10.3 Å². The number of thiophene rings is 1. The standard InChI is InChI=1S/C10H10O3S/c1-7(11)3-4-9-5-8(6-14-9)10(12)13-2/h3-6H,1-2H3. The number of hydrogen-bond acceptors (Lipinski definition) is 4. The van der Waals surface area contributed by atoms with E-state index in [4.69, 9.17) is 0 Å². The van der Waals surface area contributed by atoms with Crippen LogP contribution in [0.5, 0.6) is 0 Å². The molecule has 4 heteroatoms. The summed E-state index contributed by atoms with van der Waals surface area (Å²) in [6.45, 7) is 1.48. The molecule has 0 fully saturated rings. The summed E-state index contributed by atoms with van der Waals surface area (Å²) >= 11 is 1.40. The smallest absolute Gasteiger partial charge is 0.338 e. The Morgan fingerprint density at radius 1 is 1.50 bits per heavy atom. The van der Waals surface area contributed by atoms with Crippen LogP contribution < -0.4 is 0 Å². The van der Waals surface area contributed by atoms with Crippen molar-refractivity contribution in [2.75, 3.05) is 7.11 Å². The molecular formula is C10H10O3S. The fourth-order valence-electron chi connectivity index (χ4n) is 0.865. The van der Waals surface area contributed by atoms with Gasteiger partial charge in [0.2, 0.25) is 0 Å². The van der Waals surface area contributed by atoms with E-state index in [0.717, 1.165) is 4.88 Å². The second kappa shape index (κ2) is 4.72. The van der Waals surface area contributed by atoms with Gasteiger partial charge in [0.1, 0.15) is 0 Å². The summed E-state index contributed by atoms with van der Waals surface area (Å²) in [5.41, 5.74) is 0.515. The molecule has 1 aromatic rings. The molecule has 0 spiro atoms. The molecular weight excluding hydrogens is 200 g/mol. The van der Waals surface area contributed by atoms with Crippen LogP contribution in [0.4, 0.5) is 0 Å². The molecule has 1 heterocycles. The third-order valence-electron chi connectivity index (χ3n) is 1.52. The maximum absolute atomic E-state index is 11.1. The Hall–Kier alpha value is -1.42. The molecule has 74 valence electrons. The van der Waals surface area contributed by atoms with Crippen molar-refractivity contribution in [3.05, 3.63) is 28.0 Å². The van der Waals surface area contributed by atoms with Gasteiger partial charge in [-0.3, -0.25) is 4.79 Å². The second-order valence-corrected chi connectivity index (χ2v) is 3.62. The van der Waals surface area contributed by atoms with Gasteiger partial charge in [-0.15, -0.1) is 11.3 Å². The van der Waals surface area contributed by atoms with Crippen LogP contribution in [0, 0.1) is 0 Å². The minimum absolute atomic E-state index is 0.0157. The number of carbonyl (C=O) groups is 2. The largest absolute Gasteiger partial charge is 0.465 e. The number of esters is 1. The zero-order chi connectivity index (χ0) is 10.6. The van der Waals surface area contributed by atoms with Crippen LogP contribution in [-0.2, 0) is 9.53 Å². The quantitative estimate of drug-likeness (QED) is 0.567. The molecule has 0 bridgehead atoms. The van der Waals surface area contributed by atoms with Gasteiger partial charge in [0.05, 0.1) is 12.7 Å². The highest BCUT2D eigenvalue weighted by atomic mass is 32.1. The summed E-state index contributed by atoms with van der Waals surface area (Å²) in [5.74, 6) is -0.373. The van der Waals surface area contributed by atoms with Gasteiger partial charge in [0.25, 0.3) is 0 Å². The first-order valence-electron chi connectivity index (χ1n) is 3.99. The molecule has 14 heavy (non-hydrogen) atoms. The van der Waals surface area contributed by atoms with Crippen LogP contribution in [0.15, 0.2) is 17.5 Å². The fraction of sp³-hybridized carbons (Fsp3) is 0.200. The fourth-order valence-corrected chi connectivity index (χ4v) is 1.63. The van der Waals surface area contributed by atoms with Gasteiger partial charge >= 0.3 is 5.97 Å². The van der Waals surface area contributed by atoms with E-state index in [1.165, 1.54) is 31.4 Å². The van der Waals surface area contributed by atoms with Crippen molar-refractivity contribution >= 4 is 29.2 Å². The zero-order valence-corrected chi connectivity index (χ0v) is 8.76. The maximum atomic E-state index is 11.1. The molecule has 0 radical (unpaired) electrons. The Kier molecular flexibility index (Phi) is 3.59. The van der Waals surface area contributed by atoms with Gasteiger partial charge < -0.3 is 4.74 Å². The van der Waals surface area contributed by atoms with E-state index < -0.39 is 0 Å². The first-order chi connectivity index (χ1) is 6.63.